The third-order valence-corrected chi connectivity index (χ3v) is 5.05. The zero-order valence-corrected chi connectivity index (χ0v) is 15.0. The first-order valence-electron chi connectivity index (χ1n) is 7.80. The molecule has 1 amide bonds. The number of hydrogen-bond donors (Lipinski definition) is 0. The van der Waals surface area contributed by atoms with E-state index in [4.69, 9.17) is 10.00 Å². The summed E-state index contributed by atoms with van der Waals surface area (Å²) in [7, 11) is 0. The van der Waals surface area contributed by atoms with Gasteiger partial charge in [0.1, 0.15) is 11.9 Å². The minimum absolute atomic E-state index is 0.192. The number of fused-ring (bicyclic) bond motifs is 1. The van der Waals surface area contributed by atoms with E-state index in [0.29, 0.717) is 29.2 Å². The standard InChI is InChI=1S/C16H19IN4O2/c17-11-23-8-5-16(22)21-7-4-13-14(21)3-6-20(13)15-2-1-12(9-18)10-19-15/h1-2,10,13-14H,3-8,11H2/t13-,14-/m1/s1. The van der Waals surface area contributed by atoms with E-state index in [0.717, 1.165) is 31.7 Å². The Balaban J connectivity index is 1.64. The van der Waals surface area contributed by atoms with Crippen LogP contribution in [-0.2, 0) is 9.53 Å². The van der Waals surface area contributed by atoms with Crippen molar-refractivity contribution in [3.8, 4) is 6.07 Å². The molecule has 3 heterocycles. The summed E-state index contributed by atoms with van der Waals surface area (Å²) in [6.45, 7) is 2.21. The molecule has 7 heteroatoms. The van der Waals surface area contributed by atoms with Crippen molar-refractivity contribution in [1.82, 2.24) is 9.88 Å². The number of alkyl halides is 1. The molecule has 2 aliphatic heterocycles. The predicted octanol–water partition coefficient (Wildman–Crippen LogP) is 1.93. The van der Waals surface area contributed by atoms with Gasteiger partial charge in [0.25, 0.3) is 0 Å². The Kier molecular flexibility index (Phi) is 5.33. The van der Waals surface area contributed by atoms with Gasteiger partial charge in [-0.3, -0.25) is 4.79 Å². The number of ether oxygens (including phenoxy) is 1. The molecule has 2 saturated heterocycles. The van der Waals surface area contributed by atoms with Gasteiger partial charge in [0.2, 0.25) is 5.91 Å². The maximum atomic E-state index is 12.4. The Morgan fingerprint density at radius 1 is 1.39 bits per heavy atom. The minimum Gasteiger partial charge on any atom is -0.371 e. The summed E-state index contributed by atoms with van der Waals surface area (Å²) in [5.41, 5.74) is 0.572. The molecule has 2 fully saturated rings. The summed E-state index contributed by atoms with van der Waals surface area (Å²) in [5.74, 6) is 1.09. The maximum absolute atomic E-state index is 12.4. The molecule has 1 aromatic rings. The fourth-order valence-corrected chi connectivity index (χ4v) is 3.87. The van der Waals surface area contributed by atoms with E-state index < -0.39 is 0 Å². The van der Waals surface area contributed by atoms with Crippen LogP contribution in [-0.4, -0.2) is 52.2 Å². The summed E-state index contributed by atoms with van der Waals surface area (Å²) in [5, 5.41) is 8.87. The van der Waals surface area contributed by atoms with Crippen molar-refractivity contribution < 1.29 is 9.53 Å². The molecule has 0 radical (unpaired) electrons. The highest BCUT2D eigenvalue weighted by Gasteiger charge is 2.44. The van der Waals surface area contributed by atoms with E-state index in [-0.39, 0.29) is 11.9 Å². The van der Waals surface area contributed by atoms with E-state index in [1.807, 2.05) is 11.0 Å². The number of aromatic nitrogens is 1. The lowest BCUT2D eigenvalue weighted by molar-refractivity contribution is -0.132. The van der Waals surface area contributed by atoms with Crippen LogP contribution in [0.15, 0.2) is 18.3 Å². The van der Waals surface area contributed by atoms with Crippen molar-refractivity contribution in [3.05, 3.63) is 23.9 Å². The largest absolute Gasteiger partial charge is 0.371 e. The molecule has 0 aromatic carbocycles. The van der Waals surface area contributed by atoms with Crippen molar-refractivity contribution in [1.29, 1.82) is 5.26 Å². The summed E-state index contributed by atoms with van der Waals surface area (Å²) in [6.07, 6.45) is 4.03. The van der Waals surface area contributed by atoms with Gasteiger partial charge in [0, 0.05) is 19.3 Å². The van der Waals surface area contributed by atoms with Gasteiger partial charge in [-0.2, -0.15) is 5.26 Å². The molecule has 6 nitrogen and oxygen atoms in total. The molecule has 1 aromatic heterocycles. The van der Waals surface area contributed by atoms with Gasteiger partial charge in [0.05, 0.1) is 35.3 Å². The van der Waals surface area contributed by atoms with E-state index >= 15 is 0 Å². The van der Waals surface area contributed by atoms with Gasteiger partial charge in [-0.25, -0.2) is 4.98 Å². The molecule has 122 valence electrons. The SMILES string of the molecule is N#Cc1ccc(N2CC[C@@H]3[C@H]2CCN3C(=O)CCOCI)nc1. The van der Waals surface area contributed by atoms with Gasteiger partial charge in [-0.15, -0.1) is 0 Å². The molecule has 0 unspecified atom stereocenters. The van der Waals surface area contributed by atoms with Crippen LogP contribution in [0.25, 0.3) is 0 Å². The number of anilines is 1. The van der Waals surface area contributed by atoms with Crippen molar-refractivity contribution in [2.45, 2.75) is 31.3 Å². The summed E-state index contributed by atoms with van der Waals surface area (Å²) in [6, 6.07) is 6.41. The lowest BCUT2D eigenvalue weighted by Gasteiger charge is -2.26. The quantitative estimate of drug-likeness (QED) is 0.409. The highest BCUT2D eigenvalue weighted by atomic mass is 127. The van der Waals surface area contributed by atoms with Crippen LogP contribution in [0, 0.1) is 11.3 Å². The summed E-state index contributed by atoms with van der Waals surface area (Å²) in [4.78, 5) is 21.1. The van der Waals surface area contributed by atoms with Crippen LogP contribution < -0.4 is 4.90 Å². The average molecular weight is 426 g/mol. The van der Waals surface area contributed by atoms with Gasteiger partial charge in [-0.05, 0) is 25.0 Å². The maximum Gasteiger partial charge on any atom is 0.225 e. The molecule has 3 rings (SSSR count). The van der Waals surface area contributed by atoms with E-state index in [1.165, 1.54) is 0 Å². The fraction of sp³-hybridized carbons (Fsp3) is 0.562. The Labute approximate surface area is 149 Å². The van der Waals surface area contributed by atoms with E-state index in [9.17, 15) is 4.79 Å². The average Bonchev–Trinajstić information content (AvgIpc) is 3.17. The number of amides is 1. The second-order valence-corrected chi connectivity index (χ2v) is 6.40. The number of carbonyl (C=O) groups is 1. The molecule has 2 aliphatic rings. The topological polar surface area (TPSA) is 69.5 Å². The minimum atomic E-state index is 0.192. The first-order valence-corrected chi connectivity index (χ1v) is 9.33. The first kappa shape index (κ1) is 16.5. The van der Waals surface area contributed by atoms with Crippen LogP contribution in [0.2, 0.25) is 0 Å². The number of carbonyl (C=O) groups excluding carboxylic acids is 1. The Hall–Kier alpha value is -1.40. The summed E-state index contributed by atoms with van der Waals surface area (Å²) >= 11 is 2.14. The molecule has 23 heavy (non-hydrogen) atoms. The van der Waals surface area contributed by atoms with Crippen LogP contribution in [0.3, 0.4) is 0 Å². The smallest absolute Gasteiger partial charge is 0.225 e. The predicted molar refractivity (Wildman–Crippen MR) is 94.3 cm³/mol. The number of pyridine rings is 1. The van der Waals surface area contributed by atoms with E-state index in [1.54, 1.807) is 12.3 Å². The number of nitriles is 1. The number of rotatable bonds is 5. The monoisotopic (exact) mass is 426 g/mol. The van der Waals surface area contributed by atoms with Crippen molar-refractivity contribution in [3.63, 3.8) is 0 Å². The lowest BCUT2D eigenvalue weighted by Crippen LogP contribution is -2.40. The van der Waals surface area contributed by atoms with Gasteiger partial charge in [-0.1, -0.05) is 22.6 Å². The summed E-state index contributed by atoms with van der Waals surface area (Å²) < 4.78 is 5.90. The van der Waals surface area contributed by atoms with Gasteiger partial charge in [0.15, 0.2) is 0 Å². The molecule has 2 atom stereocenters. The third kappa shape index (κ3) is 3.43. The zero-order valence-electron chi connectivity index (χ0n) is 12.8. The zero-order chi connectivity index (χ0) is 16.2. The van der Waals surface area contributed by atoms with Crippen LogP contribution >= 0.6 is 22.6 Å². The Bertz CT molecular complexity index is 601. The molecule has 0 N–H and O–H groups in total. The second kappa shape index (κ2) is 7.45. The third-order valence-electron chi connectivity index (χ3n) is 4.61. The number of nitrogens with zero attached hydrogens (tertiary/aromatic N) is 4. The molecule has 0 spiro atoms. The van der Waals surface area contributed by atoms with Gasteiger partial charge < -0.3 is 14.5 Å². The molecule has 0 aliphatic carbocycles. The van der Waals surface area contributed by atoms with E-state index in [2.05, 4.69) is 38.5 Å². The molecular weight excluding hydrogens is 407 g/mol. The molecule has 0 bridgehead atoms. The van der Waals surface area contributed by atoms with Crippen molar-refractivity contribution in [2.75, 3.05) is 29.2 Å². The molecule has 0 saturated carbocycles. The Morgan fingerprint density at radius 2 is 2.22 bits per heavy atom. The number of hydrogen-bond acceptors (Lipinski definition) is 5. The fourth-order valence-electron chi connectivity index (χ4n) is 3.56. The Morgan fingerprint density at radius 3 is 2.91 bits per heavy atom. The van der Waals surface area contributed by atoms with Crippen LogP contribution in [0.4, 0.5) is 5.82 Å². The van der Waals surface area contributed by atoms with Crippen molar-refractivity contribution in [2.24, 2.45) is 0 Å². The number of halogens is 1. The van der Waals surface area contributed by atoms with Gasteiger partial charge >= 0.3 is 0 Å². The second-order valence-electron chi connectivity index (χ2n) is 5.78. The highest BCUT2D eigenvalue weighted by Crippen LogP contribution is 2.34. The lowest BCUT2D eigenvalue weighted by atomic mass is 10.1. The highest BCUT2D eigenvalue weighted by molar-refractivity contribution is 14.1. The van der Waals surface area contributed by atoms with Crippen LogP contribution in [0.1, 0.15) is 24.8 Å². The van der Waals surface area contributed by atoms with Crippen LogP contribution in [0.5, 0.6) is 0 Å². The number of likely N-dealkylation sites (tertiary alicyclic amines) is 1. The van der Waals surface area contributed by atoms with Crippen molar-refractivity contribution >= 4 is 34.3 Å². The first-order chi connectivity index (χ1) is 11.2. The normalized spacial score (nSPS) is 23.0. The molecular formula is C16H19IN4O2.